The number of rotatable bonds is 4. The van der Waals surface area contributed by atoms with E-state index in [1.165, 1.54) is 0 Å². The standard InChI is InChI=1S/C12H13Br2N3O2/c1-18-10-3-7(8(13)4-11(10)19-2)6-17-12(15)9(14)5-16-17/h3-5H,6,15H2,1-2H3. The summed E-state index contributed by atoms with van der Waals surface area (Å²) in [6.45, 7) is 0.540. The zero-order chi connectivity index (χ0) is 14.0. The van der Waals surface area contributed by atoms with Gasteiger partial charge in [0.05, 0.1) is 31.4 Å². The molecule has 0 unspecified atom stereocenters. The van der Waals surface area contributed by atoms with E-state index in [0.29, 0.717) is 23.9 Å². The highest BCUT2D eigenvalue weighted by Crippen LogP contribution is 2.34. The summed E-state index contributed by atoms with van der Waals surface area (Å²) in [5.41, 5.74) is 6.91. The third-order valence-electron chi connectivity index (χ3n) is 2.71. The summed E-state index contributed by atoms with van der Waals surface area (Å²) in [6, 6.07) is 3.76. The molecule has 2 N–H and O–H groups in total. The maximum Gasteiger partial charge on any atom is 0.161 e. The van der Waals surface area contributed by atoms with Gasteiger partial charge < -0.3 is 15.2 Å². The van der Waals surface area contributed by atoms with Crippen LogP contribution in [0.1, 0.15) is 5.56 Å². The van der Waals surface area contributed by atoms with Gasteiger partial charge in [0, 0.05) is 4.47 Å². The van der Waals surface area contributed by atoms with Crippen LogP contribution < -0.4 is 15.2 Å². The van der Waals surface area contributed by atoms with Gasteiger partial charge in [-0.15, -0.1) is 0 Å². The largest absolute Gasteiger partial charge is 0.493 e. The number of benzene rings is 1. The van der Waals surface area contributed by atoms with E-state index >= 15 is 0 Å². The zero-order valence-electron chi connectivity index (χ0n) is 10.5. The summed E-state index contributed by atoms with van der Waals surface area (Å²) in [6.07, 6.45) is 1.67. The normalized spacial score (nSPS) is 10.5. The van der Waals surface area contributed by atoms with Crippen LogP contribution in [0.15, 0.2) is 27.3 Å². The van der Waals surface area contributed by atoms with E-state index in [0.717, 1.165) is 14.5 Å². The van der Waals surface area contributed by atoms with Gasteiger partial charge in [0.15, 0.2) is 11.5 Å². The molecule has 0 aliphatic heterocycles. The van der Waals surface area contributed by atoms with Gasteiger partial charge >= 0.3 is 0 Å². The van der Waals surface area contributed by atoms with Crippen LogP contribution in [0.5, 0.6) is 11.5 Å². The van der Waals surface area contributed by atoms with Crippen LogP contribution >= 0.6 is 31.9 Å². The first kappa shape index (κ1) is 14.2. The molecule has 0 aliphatic rings. The van der Waals surface area contributed by atoms with Crippen LogP contribution in [0.3, 0.4) is 0 Å². The van der Waals surface area contributed by atoms with Gasteiger partial charge in [0.1, 0.15) is 5.82 Å². The highest BCUT2D eigenvalue weighted by atomic mass is 79.9. The molecule has 0 amide bonds. The van der Waals surface area contributed by atoms with E-state index in [9.17, 15) is 0 Å². The van der Waals surface area contributed by atoms with E-state index in [2.05, 4.69) is 37.0 Å². The Labute approximate surface area is 127 Å². The summed E-state index contributed by atoms with van der Waals surface area (Å²) < 4.78 is 13.9. The first-order valence-electron chi connectivity index (χ1n) is 5.44. The number of hydrogen-bond acceptors (Lipinski definition) is 4. The lowest BCUT2D eigenvalue weighted by Crippen LogP contribution is -2.07. The minimum Gasteiger partial charge on any atom is -0.493 e. The van der Waals surface area contributed by atoms with E-state index < -0.39 is 0 Å². The second kappa shape index (κ2) is 5.83. The second-order valence-corrected chi connectivity index (χ2v) is 5.54. The van der Waals surface area contributed by atoms with E-state index in [1.807, 2.05) is 12.1 Å². The summed E-state index contributed by atoms with van der Waals surface area (Å²) in [7, 11) is 3.21. The fourth-order valence-corrected chi connectivity index (χ4v) is 2.42. The Hall–Kier alpha value is -1.21. The number of nitrogens with zero attached hydrogens (tertiary/aromatic N) is 2. The third kappa shape index (κ3) is 2.87. The number of nitrogen functional groups attached to an aromatic ring is 1. The number of nitrogens with two attached hydrogens (primary N) is 1. The Morgan fingerprint density at radius 2 is 1.79 bits per heavy atom. The molecule has 1 aromatic carbocycles. The number of ether oxygens (including phenoxy) is 2. The van der Waals surface area contributed by atoms with Crippen molar-refractivity contribution in [3.63, 3.8) is 0 Å². The monoisotopic (exact) mass is 389 g/mol. The minimum atomic E-state index is 0.540. The molecule has 0 atom stereocenters. The summed E-state index contributed by atoms with van der Waals surface area (Å²) >= 11 is 6.85. The van der Waals surface area contributed by atoms with Gasteiger partial charge in [-0.3, -0.25) is 0 Å². The van der Waals surface area contributed by atoms with Crippen molar-refractivity contribution in [3.05, 3.63) is 32.8 Å². The van der Waals surface area contributed by atoms with E-state index in [4.69, 9.17) is 15.2 Å². The molecule has 19 heavy (non-hydrogen) atoms. The number of aromatic nitrogens is 2. The summed E-state index contributed by atoms with van der Waals surface area (Å²) in [5.74, 6) is 1.93. The molecule has 2 rings (SSSR count). The van der Waals surface area contributed by atoms with Crippen LogP contribution in [0, 0.1) is 0 Å². The van der Waals surface area contributed by atoms with Crippen molar-refractivity contribution in [3.8, 4) is 11.5 Å². The fourth-order valence-electron chi connectivity index (χ4n) is 1.68. The second-order valence-electron chi connectivity index (χ2n) is 3.83. The predicted molar refractivity (Wildman–Crippen MR) is 80.7 cm³/mol. The van der Waals surface area contributed by atoms with Crippen LogP contribution in [-0.4, -0.2) is 24.0 Å². The minimum absolute atomic E-state index is 0.540. The molecule has 0 saturated heterocycles. The number of hydrogen-bond donors (Lipinski definition) is 1. The Bertz CT molecular complexity index is 599. The quantitative estimate of drug-likeness (QED) is 0.871. The van der Waals surface area contributed by atoms with Crippen molar-refractivity contribution in [2.24, 2.45) is 0 Å². The lowest BCUT2D eigenvalue weighted by Gasteiger charge is -2.12. The molecule has 2 aromatic rings. The Morgan fingerprint density at radius 1 is 1.16 bits per heavy atom. The average Bonchev–Trinajstić information content (AvgIpc) is 2.72. The van der Waals surface area contributed by atoms with Crippen molar-refractivity contribution < 1.29 is 9.47 Å². The molecule has 102 valence electrons. The van der Waals surface area contributed by atoms with Crippen LogP contribution in [0.25, 0.3) is 0 Å². The van der Waals surface area contributed by atoms with E-state index in [1.54, 1.807) is 25.1 Å². The summed E-state index contributed by atoms with van der Waals surface area (Å²) in [4.78, 5) is 0. The van der Waals surface area contributed by atoms with Gasteiger partial charge in [-0.1, -0.05) is 15.9 Å². The highest BCUT2D eigenvalue weighted by Gasteiger charge is 2.12. The van der Waals surface area contributed by atoms with Crippen LogP contribution in [0.2, 0.25) is 0 Å². The van der Waals surface area contributed by atoms with Crippen molar-refractivity contribution in [2.45, 2.75) is 6.54 Å². The first-order chi connectivity index (χ1) is 9.06. The maximum absolute atomic E-state index is 5.91. The molecule has 0 aliphatic carbocycles. The topological polar surface area (TPSA) is 62.3 Å². The molecule has 0 bridgehead atoms. The van der Waals surface area contributed by atoms with Gasteiger partial charge in [0.2, 0.25) is 0 Å². The SMILES string of the molecule is COc1cc(Br)c(Cn2ncc(Br)c2N)cc1OC. The Kier molecular flexibility index (Phi) is 4.36. The van der Waals surface area contributed by atoms with Crippen molar-refractivity contribution in [1.29, 1.82) is 0 Å². The smallest absolute Gasteiger partial charge is 0.161 e. The lowest BCUT2D eigenvalue weighted by atomic mass is 10.2. The highest BCUT2D eigenvalue weighted by molar-refractivity contribution is 9.10. The van der Waals surface area contributed by atoms with Crippen LogP contribution in [-0.2, 0) is 6.54 Å². The molecule has 5 nitrogen and oxygen atoms in total. The van der Waals surface area contributed by atoms with Gasteiger partial charge in [-0.2, -0.15) is 5.10 Å². The van der Waals surface area contributed by atoms with Gasteiger partial charge in [-0.05, 0) is 33.6 Å². The van der Waals surface area contributed by atoms with Gasteiger partial charge in [-0.25, -0.2) is 4.68 Å². The molecule has 1 aromatic heterocycles. The van der Waals surface area contributed by atoms with E-state index in [-0.39, 0.29) is 0 Å². The molecule has 7 heteroatoms. The molecular formula is C12H13Br2N3O2. The lowest BCUT2D eigenvalue weighted by molar-refractivity contribution is 0.354. The number of halogens is 2. The average molecular weight is 391 g/mol. The van der Waals surface area contributed by atoms with Crippen LogP contribution in [0.4, 0.5) is 5.82 Å². The maximum atomic E-state index is 5.91. The fraction of sp³-hybridized carbons (Fsp3) is 0.250. The molecule has 0 saturated carbocycles. The van der Waals surface area contributed by atoms with Crippen molar-refractivity contribution in [1.82, 2.24) is 9.78 Å². The molecule has 1 heterocycles. The van der Waals surface area contributed by atoms with Crippen molar-refractivity contribution >= 4 is 37.7 Å². The zero-order valence-corrected chi connectivity index (χ0v) is 13.7. The van der Waals surface area contributed by atoms with Crippen molar-refractivity contribution in [2.75, 3.05) is 20.0 Å². The number of anilines is 1. The summed E-state index contributed by atoms with van der Waals surface area (Å²) in [5, 5.41) is 4.20. The number of methoxy groups -OCH3 is 2. The van der Waals surface area contributed by atoms with Gasteiger partial charge in [0.25, 0.3) is 0 Å². The molecular weight excluding hydrogens is 378 g/mol. The third-order valence-corrected chi connectivity index (χ3v) is 4.06. The Morgan fingerprint density at radius 3 is 2.32 bits per heavy atom. The molecule has 0 radical (unpaired) electrons. The Balaban J connectivity index is 2.37. The molecule has 0 fully saturated rings. The molecule has 0 spiro atoms. The first-order valence-corrected chi connectivity index (χ1v) is 7.02. The predicted octanol–water partition coefficient (Wildman–Crippen LogP) is 3.06.